The lowest BCUT2D eigenvalue weighted by Crippen LogP contribution is -2.10. The van der Waals surface area contributed by atoms with E-state index in [9.17, 15) is 0 Å². The summed E-state index contributed by atoms with van der Waals surface area (Å²) >= 11 is 54.0. The maximum Gasteiger partial charge on any atom is 0.0720 e. The van der Waals surface area contributed by atoms with Gasteiger partial charge in [-0.25, -0.2) is 0 Å². The number of hydrogen-bond acceptors (Lipinski definition) is 0. The summed E-state index contributed by atoms with van der Waals surface area (Å²) < 4.78 is 2.14. The Balaban J connectivity index is 1.47. The van der Waals surface area contributed by atoms with Gasteiger partial charge in [0.2, 0.25) is 0 Å². The summed E-state index contributed by atoms with van der Waals surface area (Å²) in [6.45, 7) is 0. The third-order valence-corrected chi connectivity index (χ3v) is 10.1. The Kier molecular flexibility index (Phi) is 8.91. The lowest BCUT2D eigenvalue weighted by Gasteiger charge is -2.25. The number of nitrogens with zero attached hydrogens (tertiary/aromatic N) is 1. The molecule has 0 aliphatic rings. The van der Waals surface area contributed by atoms with Crippen LogP contribution in [-0.2, 0) is 0 Å². The second-order valence-electron chi connectivity index (χ2n) is 10.6. The molecule has 0 atom stereocenters. The molecule has 1 radical (unpaired) electrons. The van der Waals surface area contributed by atoms with E-state index < -0.39 is 0 Å². The predicted molar refractivity (Wildman–Crippen MR) is 200 cm³/mol. The van der Waals surface area contributed by atoms with Gasteiger partial charge in [-0.2, -0.15) is 0 Å². The normalized spacial score (nSPS) is 11.7. The number of halogens is 8. The van der Waals surface area contributed by atoms with Crippen LogP contribution < -0.4 is 0 Å². The summed E-state index contributed by atoms with van der Waals surface area (Å²) in [6.07, 6.45) is 0. The number of benzene rings is 6. The Labute approximate surface area is 305 Å². The molecule has 0 spiro atoms. The number of para-hydroxylation sites is 1. The summed E-state index contributed by atoms with van der Waals surface area (Å²) in [7, 11) is 0. The van der Waals surface area contributed by atoms with Gasteiger partial charge in [0.1, 0.15) is 0 Å². The first-order chi connectivity index (χ1) is 22.1. The first-order valence-electron chi connectivity index (χ1n) is 13.9. The number of fused-ring (bicyclic) bond motifs is 3. The van der Waals surface area contributed by atoms with E-state index in [1.165, 1.54) is 0 Å². The lowest BCUT2D eigenvalue weighted by atomic mass is 9.84. The Bertz CT molecular complexity index is 2180. The van der Waals surface area contributed by atoms with Gasteiger partial charge in [0.05, 0.1) is 17.0 Å². The zero-order chi connectivity index (χ0) is 32.3. The topological polar surface area (TPSA) is 4.93 Å². The molecule has 227 valence electrons. The quantitative estimate of drug-likeness (QED) is 0.154. The highest BCUT2D eigenvalue weighted by atomic mass is 35.5. The van der Waals surface area contributed by atoms with E-state index in [2.05, 4.69) is 47.0 Å². The van der Waals surface area contributed by atoms with Crippen molar-refractivity contribution in [1.29, 1.82) is 0 Å². The summed E-state index contributed by atoms with van der Waals surface area (Å²) in [5.74, 6) is 0.439. The molecular weight excluding hydrogens is 742 g/mol. The zero-order valence-corrected chi connectivity index (χ0v) is 29.4. The molecule has 0 bridgehead atoms. The highest BCUT2D eigenvalue weighted by Crippen LogP contribution is 2.50. The molecule has 0 aliphatic carbocycles. The van der Waals surface area contributed by atoms with Gasteiger partial charge in [-0.1, -0.05) is 147 Å². The van der Waals surface area contributed by atoms with E-state index in [-0.39, 0.29) is 20.1 Å². The fourth-order valence-electron chi connectivity index (χ4n) is 5.93. The molecule has 0 unspecified atom stereocenters. The molecule has 0 N–H and O–H groups in total. The van der Waals surface area contributed by atoms with Gasteiger partial charge in [0.25, 0.3) is 0 Å². The van der Waals surface area contributed by atoms with Crippen LogP contribution in [0, 0.1) is 5.92 Å². The fraction of sp³-hybridized carbons (Fsp3) is 0. The van der Waals surface area contributed by atoms with E-state index >= 15 is 0 Å². The SMILES string of the molecule is Clc1cc(Cl)c([C](c2c(Cl)cc(Cl)cc2Cl)c2c(Cl)cc(-n3c4ccccc4c4cc(-c5ccccc5)ccc43)cc2Cl)c(Cl)c1. The van der Waals surface area contributed by atoms with Crippen molar-refractivity contribution in [2.24, 2.45) is 0 Å². The highest BCUT2D eigenvalue weighted by molar-refractivity contribution is 6.43. The molecule has 0 amide bonds. The van der Waals surface area contributed by atoms with Gasteiger partial charge < -0.3 is 4.57 Å². The molecule has 6 aromatic carbocycles. The van der Waals surface area contributed by atoms with Gasteiger partial charge in [-0.15, -0.1) is 0 Å². The van der Waals surface area contributed by atoms with Crippen LogP contribution in [0.25, 0.3) is 38.6 Å². The van der Waals surface area contributed by atoms with Crippen molar-refractivity contribution in [3.05, 3.63) is 172 Å². The van der Waals surface area contributed by atoms with Crippen LogP contribution in [0.5, 0.6) is 0 Å². The van der Waals surface area contributed by atoms with E-state index in [4.69, 9.17) is 92.8 Å². The average molecular weight is 760 g/mol. The summed E-state index contributed by atoms with van der Waals surface area (Å²) in [4.78, 5) is 0. The third kappa shape index (κ3) is 5.66. The zero-order valence-electron chi connectivity index (χ0n) is 23.4. The van der Waals surface area contributed by atoms with Gasteiger partial charge in [0, 0.05) is 73.3 Å². The minimum absolute atomic E-state index is 0.266. The van der Waals surface area contributed by atoms with Crippen LogP contribution in [0.3, 0.4) is 0 Å². The van der Waals surface area contributed by atoms with Gasteiger partial charge in [0.15, 0.2) is 0 Å². The molecule has 7 rings (SSSR count). The molecule has 1 heterocycles. The van der Waals surface area contributed by atoms with E-state index in [1.54, 1.807) is 24.3 Å². The van der Waals surface area contributed by atoms with Crippen molar-refractivity contribution in [3.63, 3.8) is 0 Å². The monoisotopic (exact) mass is 756 g/mol. The lowest BCUT2D eigenvalue weighted by molar-refractivity contribution is 1.16. The molecule has 1 aromatic heterocycles. The molecule has 1 nitrogen and oxygen atoms in total. The second kappa shape index (κ2) is 12.8. The Morgan fingerprint density at radius 3 is 1.39 bits per heavy atom. The Morgan fingerprint density at radius 2 is 0.848 bits per heavy atom. The summed E-state index contributed by atoms with van der Waals surface area (Å²) in [5, 5.41) is 4.64. The Morgan fingerprint density at radius 1 is 0.391 bits per heavy atom. The highest BCUT2D eigenvalue weighted by Gasteiger charge is 2.32. The van der Waals surface area contributed by atoms with Gasteiger partial charge in [-0.05, 0) is 65.7 Å². The van der Waals surface area contributed by atoms with Gasteiger partial charge in [-0.3, -0.25) is 0 Å². The van der Waals surface area contributed by atoms with Crippen LogP contribution in [0.4, 0.5) is 0 Å². The van der Waals surface area contributed by atoms with E-state index in [0.29, 0.717) is 42.7 Å². The van der Waals surface area contributed by atoms with Crippen molar-refractivity contribution in [3.8, 4) is 16.8 Å². The fourth-order valence-corrected chi connectivity index (χ4v) is 8.60. The first-order valence-corrected chi connectivity index (χ1v) is 16.9. The molecule has 46 heavy (non-hydrogen) atoms. The predicted octanol–water partition coefficient (Wildman–Crippen LogP) is 14.7. The molecule has 0 saturated heterocycles. The van der Waals surface area contributed by atoms with Crippen molar-refractivity contribution in [1.82, 2.24) is 4.57 Å². The molecule has 0 fully saturated rings. The van der Waals surface area contributed by atoms with E-state index in [0.717, 1.165) is 38.6 Å². The molecular formula is C37H18Cl8N. The molecule has 7 aromatic rings. The minimum atomic E-state index is 0.266. The number of hydrogen-bond donors (Lipinski definition) is 0. The molecule has 9 heteroatoms. The van der Waals surface area contributed by atoms with Crippen molar-refractivity contribution in [2.75, 3.05) is 0 Å². The first kappa shape index (κ1) is 32.0. The summed E-state index contributed by atoms with van der Waals surface area (Å²) in [6, 6.07) is 35.0. The molecule has 0 saturated carbocycles. The second-order valence-corrected chi connectivity index (χ2v) is 13.9. The average Bonchev–Trinajstić information content (AvgIpc) is 3.34. The third-order valence-electron chi connectivity index (χ3n) is 7.83. The number of aromatic nitrogens is 1. The van der Waals surface area contributed by atoms with Crippen LogP contribution in [-0.4, -0.2) is 4.57 Å². The smallest absolute Gasteiger partial charge is 0.0720 e. The van der Waals surface area contributed by atoms with Gasteiger partial charge >= 0.3 is 0 Å². The van der Waals surface area contributed by atoms with Crippen LogP contribution in [0.15, 0.2) is 109 Å². The standard InChI is InChI=1S/C37H18Cl8N/c38-21-13-26(40)34(27(41)14-21)37(35-28(42)15-22(39)16-29(35)43)36-30(44)17-23(18-31(36)45)46-32-9-5-4-8-24(32)25-12-20(10-11-33(25)46)19-6-2-1-3-7-19/h1-18H. The van der Waals surface area contributed by atoms with Crippen molar-refractivity contribution >= 4 is 115 Å². The van der Waals surface area contributed by atoms with Crippen molar-refractivity contribution < 1.29 is 0 Å². The summed E-state index contributed by atoms with van der Waals surface area (Å²) in [5.41, 5.74) is 6.29. The Hall–Kier alpha value is -2.56. The van der Waals surface area contributed by atoms with Crippen LogP contribution in [0.1, 0.15) is 16.7 Å². The van der Waals surface area contributed by atoms with Crippen LogP contribution >= 0.6 is 92.8 Å². The van der Waals surface area contributed by atoms with Crippen LogP contribution in [0.2, 0.25) is 40.2 Å². The maximum atomic E-state index is 7.18. The number of rotatable bonds is 5. The van der Waals surface area contributed by atoms with Crippen molar-refractivity contribution in [2.45, 2.75) is 0 Å². The minimum Gasteiger partial charge on any atom is -0.309 e. The largest absolute Gasteiger partial charge is 0.309 e. The van der Waals surface area contributed by atoms with E-state index in [1.807, 2.05) is 42.5 Å². The maximum absolute atomic E-state index is 7.18. The molecule has 0 aliphatic heterocycles.